The Morgan fingerprint density at radius 2 is 2.11 bits per heavy atom. The van der Waals surface area contributed by atoms with E-state index in [2.05, 4.69) is 31.0 Å². The minimum absolute atomic E-state index is 0.481. The van der Waals surface area contributed by atoms with E-state index < -0.39 is 0 Å². The minimum Gasteiger partial charge on any atom is -0.493 e. The molecular formula is C16H26N2O. The topological polar surface area (TPSA) is 38.5 Å². The number of nitrogens with two attached hydrogens (primary N) is 1. The standard InChI is InChI=1S/C16H26N2O/c1-13-4-3-5-16(10-13)19-12-15(11-17)14-6-8-18(2)9-7-14/h3-5,10,14-15H,6-9,11-12,17H2,1-2H3. The summed E-state index contributed by atoms with van der Waals surface area (Å²) in [4.78, 5) is 2.39. The molecule has 3 nitrogen and oxygen atoms in total. The molecule has 1 fully saturated rings. The number of benzene rings is 1. The van der Waals surface area contributed by atoms with Gasteiger partial charge in [-0.2, -0.15) is 0 Å². The zero-order valence-corrected chi connectivity index (χ0v) is 12.1. The van der Waals surface area contributed by atoms with E-state index >= 15 is 0 Å². The van der Waals surface area contributed by atoms with E-state index in [0.29, 0.717) is 11.8 Å². The Kier molecular flexibility index (Phi) is 5.23. The average Bonchev–Trinajstić information content (AvgIpc) is 2.41. The Morgan fingerprint density at radius 3 is 2.74 bits per heavy atom. The Bertz CT molecular complexity index is 386. The van der Waals surface area contributed by atoms with Gasteiger partial charge in [0.1, 0.15) is 5.75 Å². The zero-order chi connectivity index (χ0) is 13.7. The fourth-order valence-corrected chi connectivity index (χ4v) is 2.80. The Hall–Kier alpha value is -1.06. The molecule has 19 heavy (non-hydrogen) atoms. The summed E-state index contributed by atoms with van der Waals surface area (Å²) in [6, 6.07) is 8.24. The highest BCUT2D eigenvalue weighted by Crippen LogP contribution is 2.25. The van der Waals surface area contributed by atoms with Crippen LogP contribution in [0.1, 0.15) is 18.4 Å². The van der Waals surface area contributed by atoms with Crippen molar-refractivity contribution in [2.24, 2.45) is 17.6 Å². The number of nitrogens with zero attached hydrogens (tertiary/aromatic N) is 1. The average molecular weight is 262 g/mol. The summed E-state index contributed by atoms with van der Waals surface area (Å²) in [6.07, 6.45) is 2.49. The van der Waals surface area contributed by atoms with Crippen LogP contribution >= 0.6 is 0 Å². The maximum atomic E-state index is 5.94. The van der Waals surface area contributed by atoms with Gasteiger partial charge in [0.25, 0.3) is 0 Å². The maximum absolute atomic E-state index is 5.94. The SMILES string of the molecule is Cc1cccc(OCC(CN)C2CCN(C)CC2)c1. The van der Waals surface area contributed by atoms with Gasteiger partial charge in [-0.1, -0.05) is 12.1 Å². The Morgan fingerprint density at radius 1 is 1.37 bits per heavy atom. The van der Waals surface area contributed by atoms with Gasteiger partial charge in [-0.15, -0.1) is 0 Å². The number of rotatable bonds is 5. The second-order valence-corrected chi connectivity index (χ2v) is 5.76. The molecular weight excluding hydrogens is 236 g/mol. The highest BCUT2D eigenvalue weighted by Gasteiger charge is 2.24. The zero-order valence-electron chi connectivity index (χ0n) is 12.1. The lowest BCUT2D eigenvalue weighted by atomic mass is 9.85. The number of aryl methyl sites for hydroxylation is 1. The van der Waals surface area contributed by atoms with Gasteiger partial charge < -0.3 is 15.4 Å². The maximum Gasteiger partial charge on any atom is 0.119 e. The number of ether oxygens (including phenoxy) is 1. The number of likely N-dealkylation sites (tertiary alicyclic amines) is 1. The Balaban J connectivity index is 1.85. The van der Waals surface area contributed by atoms with Crippen molar-refractivity contribution >= 4 is 0 Å². The van der Waals surface area contributed by atoms with E-state index in [1.165, 1.54) is 31.5 Å². The molecule has 0 spiro atoms. The number of hydrogen-bond donors (Lipinski definition) is 1. The van der Waals surface area contributed by atoms with Gasteiger partial charge >= 0.3 is 0 Å². The molecule has 106 valence electrons. The lowest BCUT2D eigenvalue weighted by Gasteiger charge is -2.33. The molecule has 2 rings (SSSR count). The molecule has 0 bridgehead atoms. The van der Waals surface area contributed by atoms with Crippen LogP contribution in [-0.2, 0) is 0 Å². The van der Waals surface area contributed by atoms with Crippen molar-refractivity contribution in [3.63, 3.8) is 0 Å². The predicted molar refractivity (Wildman–Crippen MR) is 79.4 cm³/mol. The summed E-state index contributed by atoms with van der Waals surface area (Å²) < 4.78 is 5.93. The lowest BCUT2D eigenvalue weighted by Crippen LogP contribution is -2.37. The normalized spacial score (nSPS) is 19.3. The third-order valence-corrected chi connectivity index (χ3v) is 4.19. The van der Waals surface area contributed by atoms with Crippen LogP contribution in [0.25, 0.3) is 0 Å². The van der Waals surface area contributed by atoms with Crippen LogP contribution in [0.4, 0.5) is 0 Å². The van der Waals surface area contributed by atoms with Gasteiger partial charge in [0.2, 0.25) is 0 Å². The van der Waals surface area contributed by atoms with Gasteiger partial charge in [-0.25, -0.2) is 0 Å². The van der Waals surface area contributed by atoms with Crippen LogP contribution in [0.15, 0.2) is 24.3 Å². The van der Waals surface area contributed by atoms with Gasteiger partial charge in [0.15, 0.2) is 0 Å². The van der Waals surface area contributed by atoms with E-state index in [-0.39, 0.29) is 0 Å². The summed E-state index contributed by atoms with van der Waals surface area (Å²) in [7, 11) is 2.19. The Labute approximate surface area is 116 Å². The van der Waals surface area contributed by atoms with E-state index in [9.17, 15) is 0 Å². The quantitative estimate of drug-likeness (QED) is 0.885. The fourth-order valence-electron chi connectivity index (χ4n) is 2.80. The summed E-state index contributed by atoms with van der Waals surface area (Å²) in [5, 5.41) is 0. The van der Waals surface area contributed by atoms with Crippen LogP contribution in [0.2, 0.25) is 0 Å². The monoisotopic (exact) mass is 262 g/mol. The molecule has 1 atom stereocenters. The molecule has 1 heterocycles. The molecule has 1 saturated heterocycles. The first kappa shape index (κ1) is 14.4. The number of hydrogen-bond acceptors (Lipinski definition) is 3. The van der Waals surface area contributed by atoms with E-state index in [0.717, 1.165) is 18.9 Å². The van der Waals surface area contributed by atoms with Crippen molar-refractivity contribution in [3.05, 3.63) is 29.8 Å². The highest BCUT2D eigenvalue weighted by molar-refractivity contribution is 5.27. The van der Waals surface area contributed by atoms with Gasteiger partial charge in [-0.05, 0) is 70.1 Å². The van der Waals surface area contributed by atoms with Crippen molar-refractivity contribution in [3.8, 4) is 5.75 Å². The first-order valence-corrected chi connectivity index (χ1v) is 7.27. The molecule has 0 saturated carbocycles. The molecule has 2 N–H and O–H groups in total. The van der Waals surface area contributed by atoms with Crippen LogP contribution < -0.4 is 10.5 Å². The van der Waals surface area contributed by atoms with Crippen LogP contribution in [0.5, 0.6) is 5.75 Å². The fraction of sp³-hybridized carbons (Fsp3) is 0.625. The van der Waals surface area contributed by atoms with Gasteiger partial charge in [0.05, 0.1) is 6.61 Å². The summed E-state index contributed by atoms with van der Waals surface area (Å²) in [5.41, 5.74) is 7.18. The molecule has 1 aromatic carbocycles. The second-order valence-electron chi connectivity index (χ2n) is 5.76. The van der Waals surface area contributed by atoms with Crippen molar-refractivity contribution in [2.45, 2.75) is 19.8 Å². The minimum atomic E-state index is 0.481. The van der Waals surface area contributed by atoms with Crippen molar-refractivity contribution in [1.29, 1.82) is 0 Å². The van der Waals surface area contributed by atoms with Crippen LogP contribution in [-0.4, -0.2) is 38.2 Å². The van der Waals surface area contributed by atoms with Crippen LogP contribution in [0.3, 0.4) is 0 Å². The molecule has 0 radical (unpaired) electrons. The van der Waals surface area contributed by atoms with Crippen LogP contribution in [0, 0.1) is 18.8 Å². The first-order chi connectivity index (χ1) is 9.19. The van der Waals surface area contributed by atoms with Crippen molar-refractivity contribution < 1.29 is 4.74 Å². The van der Waals surface area contributed by atoms with Gasteiger partial charge in [0, 0.05) is 5.92 Å². The summed E-state index contributed by atoms with van der Waals surface area (Å²) in [5.74, 6) is 2.16. The van der Waals surface area contributed by atoms with E-state index in [1.807, 2.05) is 12.1 Å². The molecule has 3 heteroatoms. The lowest BCUT2D eigenvalue weighted by molar-refractivity contribution is 0.132. The molecule has 0 amide bonds. The van der Waals surface area contributed by atoms with Crippen molar-refractivity contribution in [1.82, 2.24) is 4.90 Å². The number of piperidine rings is 1. The summed E-state index contributed by atoms with van der Waals surface area (Å²) >= 11 is 0. The molecule has 1 aliphatic heterocycles. The van der Waals surface area contributed by atoms with Crippen molar-refractivity contribution in [2.75, 3.05) is 33.3 Å². The molecule has 1 unspecified atom stereocenters. The molecule has 0 aliphatic carbocycles. The predicted octanol–water partition coefficient (Wildman–Crippen LogP) is 2.29. The van der Waals surface area contributed by atoms with E-state index in [4.69, 9.17) is 10.5 Å². The first-order valence-electron chi connectivity index (χ1n) is 7.27. The third-order valence-electron chi connectivity index (χ3n) is 4.19. The molecule has 1 aromatic rings. The third kappa shape index (κ3) is 4.22. The smallest absolute Gasteiger partial charge is 0.119 e. The summed E-state index contributed by atoms with van der Waals surface area (Å²) in [6.45, 7) is 5.93. The van der Waals surface area contributed by atoms with Gasteiger partial charge in [-0.3, -0.25) is 0 Å². The molecule has 0 aromatic heterocycles. The molecule has 1 aliphatic rings. The second kappa shape index (κ2) is 6.92. The largest absolute Gasteiger partial charge is 0.493 e. The highest BCUT2D eigenvalue weighted by atomic mass is 16.5. The van der Waals surface area contributed by atoms with E-state index in [1.54, 1.807) is 0 Å².